The normalized spacial score (nSPS) is 12.3. The van der Waals surface area contributed by atoms with Gasteiger partial charge in [0.25, 0.3) is 0 Å². The third-order valence-electron chi connectivity index (χ3n) is 4.82. The number of ether oxygens (including phenoxy) is 1. The van der Waals surface area contributed by atoms with Crippen LogP contribution in [-0.2, 0) is 24.5 Å². The molecule has 4 aromatic rings. The molecule has 0 saturated heterocycles. The summed E-state index contributed by atoms with van der Waals surface area (Å²) in [5.74, 6) is -0.606. The molecule has 0 aliphatic rings. The van der Waals surface area contributed by atoms with Crippen LogP contribution in [0.25, 0.3) is 10.9 Å². The number of nitrogens with zero attached hydrogens (tertiary/aromatic N) is 2. The molecule has 1 unspecified atom stereocenters. The number of anilines is 1. The molecule has 162 valence electrons. The zero-order chi connectivity index (χ0) is 22.0. The lowest BCUT2D eigenvalue weighted by Gasteiger charge is -2.12. The number of hydrogen-bond acceptors (Lipinski definition) is 3. The van der Waals surface area contributed by atoms with E-state index in [1.165, 1.54) is 12.1 Å². The van der Waals surface area contributed by atoms with Crippen LogP contribution in [0, 0.1) is 5.82 Å². The molecule has 0 amide bonds. The van der Waals surface area contributed by atoms with Gasteiger partial charge in [0.1, 0.15) is 0 Å². The second-order valence-electron chi connectivity index (χ2n) is 6.87. The van der Waals surface area contributed by atoms with Crippen LogP contribution in [0.4, 0.5) is 10.1 Å². The maximum absolute atomic E-state index is 15.0. The van der Waals surface area contributed by atoms with E-state index in [1.807, 2.05) is 11.6 Å². The first-order valence-electron chi connectivity index (χ1n) is 9.45. The Bertz CT molecular complexity index is 1260. The molecule has 2 aromatic carbocycles. The zero-order valence-electron chi connectivity index (χ0n) is 16.5. The highest BCUT2D eigenvalue weighted by atomic mass is 35.5. The first-order chi connectivity index (χ1) is 15.0. The Hall–Kier alpha value is -2.55. The molecule has 4 rings (SSSR count). The van der Waals surface area contributed by atoms with Crippen molar-refractivity contribution in [2.45, 2.75) is 17.7 Å². The number of imidazole rings is 1. The average Bonchev–Trinajstić information content (AvgIpc) is 3.34. The van der Waals surface area contributed by atoms with Crippen LogP contribution >= 0.6 is 23.2 Å². The second-order valence-corrected chi connectivity index (χ2v) is 8.86. The van der Waals surface area contributed by atoms with Gasteiger partial charge in [-0.25, -0.2) is 13.6 Å². The molecule has 2 heterocycles. The number of aromatic nitrogens is 3. The minimum absolute atomic E-state index is 0.00936. The predicted molar refractivity (Wildman–Crippen MR) is 122 cm³/mol. The lowest BCUT2D eigenvalue weighted by molar-refractivity contribution is 0.292. The van der Waals surface area contributed by atoms with E-state index in [-0.39, 0.29) is 10.6 Å². The molecule has 2 aromatic heterocycles. The van der Waals surface area contributed by atoms with Crippen molar-refractivity contribution < 1.29 is 13.3 Å². The number of nitrogens with one attached hydrogen (secondary N) is 2. The Morgan fingerprint density at radius 1 is 1.26 bits per heavy atom. The van der Waals surface area contributed by atoms with E-state index >= 15 is 0 Å². The second kappa shape index (κ2) is 9.30. The number of halogens is 3. The van der Waals surface area contributed by atoms with Gasteiger partial charge >= 0.3 is 0 Å². The summed E-state index contributed by atoms with van der Waals surface area (Å²) in [4.78, 5) is 7.05. The molecule has 0 fully saturated rings. The number of aromatic amines is 1. The summed E-state index contributed by atoms with van der Waals surface area (Å²) in [6, 6.07) is 7.88. The van der Waals surface area contributed by atoms with E-state index in [9.17, 15) is 8.60 Å². The van der Waals surface area contributed by atoms with E-state index < -0.39 is 16.8 Å². The highest BCUT2D eigenvalue weighted by molar-refractivity contribution is 7.86. The molecular formula is C21H19Cl2FN4O2S. The summed E-state index contributed by atoms with van der Waals surface area (Å²) < 4.78 is 38.2. The Morgan fingerprint density at radius 3 is 2.87 bits per heavy atom. The van der Waals surface area contributed by atoms with Crippen LogP contribution < -0.4 is 9.46 Å². The number of fused-ring (bicyclic) bond motifs is 1. The summed E-state index contributed by atoms with van der Waals surface area (Å²) >= 11 is 12.3. The molecule has 0 aliphatic heterocycles. The maximum Gasteiger partial charge on any atom is 0.182 e. The number of benzene rings is 2. The van der Waals surface area contributed by atoms with Gasteiger partial charge in [-0.2, -0.15) is 0 Å². The van der Waals surface area contributed by atoms with Gasteiger partial charge in [-0.15, -0.1) is 0 Å². The zero-order valence-corrected chi connectivity index (χ0v) is 18.8. The van der Waals surface area contributed by atoms with E-state index in [0.29, 0.717) is 39.7 Å². The van der Waals surface area contributed by atoms with Crippen LogP contribution in [0.5, 0.6) is 5.75 Å². The molecule has 0 radical (unpaired) electrons. The van der Waals surface area contributed by atoms with Crippen molar-refractivity contribution in [2.24, 2.45) is 7.05 Å². The highest BCUT2D eigenvalue weighted by Gasteiger charge is 2.17. The molecule has 0 bridgehead atoms. The summed E-state index contributed by atoms with van der Waals surface area (Å²) in [6.07, 6.45) is 6.57. The molecular weight excluding hydrogens is 462 g/mol. The third kappa shape index (κ3) is 4.56. The summed E-state index contributed by atoms with van der Waals surface area (Å²) in [6.45, 7) is 0.324. The summed E-state index contributed by atoms with van der Waals surface area (Å²) in [5, 5.41) is 1.52. The molecule has 0 aliphatic carbocycles. The van der Waals surface area contributed by atoms with Gasteiger partial charge in [0, 0.05) is 30.5 Å². The van der Waals surface area contributed by atoms with Crippen LogP contribution in [0.2, 0.25) is 10.0 Å². The first-order valence-corrected chi connectivity index (χ1v) is 11.4. The quantitative estimate of drug-likeness (QED) is 0.327. The van der Waals surface area contributed by atoms with Gasteiger partial charge in [-0.3, -0.25) is 4.72 Å². The highest BCUT2D eigenvalue weighted by Crippen LogP contribution is 2.35. The van der Waals surface area contributed by atoms with Crippen molar-refractivity contribution in [3.05, 3.63) is 70.6 Å². The summed E-state index contributed by atoms with van der Waals surface area (Å²) in [5.41, 5.74) is 2.15. The van der Waals surface area contributed by atoms with Gasteiger partial charge in [0.15, 0.2) is 22.6 Å². The minimum atomic E-state index is -1.87. The van der Waals surface area contributed by atoms with Crippen molar-refractivity contribution in [2.75, 3.05) is 11.3 Å². The van der Waals surface area contributed by atoms with Crippen molar-refractivity contribution in [3.8, 4) is 5.75 Å². The van der Waals surface area contributed by atoms with Gasteiger partial charge in [-0.05, 0) is 37.1 Å². The Kier molecular flexibility index (Phi) is 6.50. The van der Waals surface area contributed by atoms with Gasteiger partial charge in [-0.1, -0.05) is 29.3 Å². The van der Waals surface area contributed by atoms with Crippen molar-refractivity contribution >= 4 is 50.8 Å². The van der Waals surface area contributed by atoms with E-state index in [0.717, 1.165) is 12.1 Å². The summed E-state index contributed by atoms with van der Waals surface area (Å²) in [7, 11) is 0.0538. The van der Waals surface area contributed by atoms with Crippen LogP contribution in [-0.4, -0.2) is 25.4 Å². The Morgan fingerprint density at radius 2 is 2.10 bits per heavy atom. The standard InChI is InChI=1S/C21H19Cl2FN4O2S/c1-28-12-25-10-13(28)4-3-9-30-17-5-2-6-18(20(17)24)31(29)27-16-8-7-14(22)19-15(23)11-26-21(16)19/h2,5-8,10-12,26-27H,3-4,9H2,1H3. The average molecular weight is 481 g/mol. The van der Waals surface area contributed by atoms with Crippen LogP contribution in [0.1, 0.15) is 12.1 Å². The van der Waals surface area contributed by atoms with E-state index in [1.54, 1.807) is 36.9 Å². The van der Waals surface area contributed by atoms with Gasteiger partial charge in [0.05, 0.1) is 39.1 Å². The van der Waals surface area contributed by atoms with Gasteiger partial charge in [0.2, 0.25) is 0 Å². The molecule has 0 saturated carbocycles. The molecule has 10 heteroatoms. The number of rotatable bonds is 8. The molecule has 1 atom stereocenters. The van der Waals surface area contributed by atoms with Crippen molar-refractivity contribution in [1.29, 1.82) is 0 Å². The SMILES string of the molecule is Cn1cncc1CCCOc1cccc(S(=O)Nc2ccc(Cl)c3c(Cl)c[nH]c23)c1F. The number of aryl methyl sites for hydroxylation is 2. The minimum Gasteiger partial charge on any atom is -0.490 e. The maximum atomic E-state index is 15.0. The van der Waals surface area contributed by atoms with E-state index in [2.05, 4.69) is 14.7 Å². The van der Waals surface area contributed by atoms with Crippen LogP contribution in [0.3, 0.4) is 0 Å². The Balaban J connectivity index is 1.46. The van der Waals surface area contributed by atoms with Crippen LogP contribution in [0.15, 0.2) is 53.9 Å². The first kappa shape index (κ1) is 21.7. The van der Waals surface area contributed by atoms with Crippen molar-refractivity contribution in [1.82, 2.24) is 14.5 Å². The largest absolute Gasteiger partial charge is 0.490 e. The fraction of sp³-hybridized carbons (Fsp3) is 0.190. The molecule has 0 spiro atoms. The number of H-pyrrole nitrogens is 1. The third-order valence-corrected chi connectivity index (χ3v) is 6.55. The fourth-order valence-electron chi connectivity index (χ4n) is 3.21. The van der Waals surface area contributed by atoms with E-state index in [4.69, 9.17) is 27.9 Å². The van der Waals surface area contributed by atoms with Gasteiger partial charge < -0.3 is 14.3 Å². The van der Waals surface area contributed by atoms with Crippen molar-refractivity contribution in [3.63, 3.8) is 0 Å². The lowest BCUT2D eigenvalue weighted by atomic mass is 10.2. The predicted octanol–water partition coefficient (Wildman–Crippen LogP) is 5.49. The lowest BCUT2D eigenvalue weighted by Crippen LogP contribution is -2.09. The topological polar surface area (TPSA) is 71.9 Å². The number of hydrogen-bond donors (Lipinski definition) is 2. The fourth-order valence-corrected chi connectivity index (χ4v) is 4.72. The Labute approximate surface area is 190 Å². The smallest absolute Gasteiger partial charge is 0.182 e. The monoisotopic (exact) mass is 480 g/mol. The molecule has 6 nitrogen and oxygen atoms in total. The molecule has 2 N–H and O–H groups in total. The molecule has 31 heavy (non-hydrogen) atoms.